The summed E-state index contributed by atoms with van der Waals surface area (Å²) in [5, 5.41) is 4.92. The van der Waals surface area contributed by atoms with Crippen molar-refractivity contribution in [3.8, 4) is 0 Å². The number of hydrogen-bond donors (Lipinski definition) is 2. The number of amides is 3. The van der Waals surface area contributed by atoms with Gasteiger partial charge in [-0.1, -0.05) is 0 Å². The second-order valence-electron chi connectivity index (χ2n) is 4.66. The van der Waals surface area contributed by atoms with Crippen molar-refractivity contribution in [3.63, 3.8) is 0 Å². The summed E-state index contributed by atoms with van der Waals surface area (Å²) in [6, 6.07) is -0.457. The van der Waals surface area contributed by atoms with E-state index in [1.54, 1.807) is 0 Å². The van der Waals surface area contributed by atoms with Gasteiger partial charge < -0.3 is 10.1 Å². The van der Waals surface area contributed by atoms with Crippen LogP contribution in [-0.2, 0) is 14.3 Å². The molecule has 0 bridgehead atoms. The summed E-state index contributed by atoms with van der Waals surface area (Å²) >= 11 is 0. The number of esters is 1. The molecule has 1 saturated heterocycles. The molecule has 0 aromatic rings. The maximum atomic E-state index is 11.8. The second kappa shape index (κ2) is 2.75. The van der Waals surface area contributed by atoms with Crippen molar-refractivity contribution in [2.45, 2.75) is 18.4 Å². The van der Waals surface area contributed by atoms with E-state index in [2.05, 4.69) is 10.6 Å². The van der Waals surface area contributed by atoms with Crippen LogP contribution in [0.25, 0.3) is 0 Å². The second-order valence-corrected chi connectivity index (χ2v) is 4.66. The first-order valence-electron chi connectivity index (χ1n) is 5.31. The summed E-state index contributed by atoms with van der Waals surface area (Å²) in [4.78, 5) is 34.4. The van der Waals surface area contributed by atoms with Crippen molar-refractivity contribution in [2.75, 3.05) is 7.11 Å². The maximum Gasteiger partial charge on any atom is 0.322 e. The molecule has 1 aliphatic heterocycles. The Morgan fingerprint density at radius 2 is 2.25 bits per heavy atom. The van der Waals surface area contributed by atoms with Gasteiger partial charge in [0.05, 0.1) is 13.0 Å². The van der Waals surface area contributed by atoms with Crippen molar-refractivity contribution in [3.05, 3.63) is 0 Å². The molecule has 1 heterocycles. The van der Waals surface area contributed by atoms with Crippen LogP contribution >= 0.6 is 0 Å². The number of nitrogens with one attached hydrogen (secondary N) is 2. The van der Waals surface area contributed by atoms with Gasteiger partial charge in [-0.05, 0) is 18.8 Å². The van der Waals surface area contributed by atoms with E-state index in [4.69, 9.17) is 4.74 Å². The highest BCUT2D eigenvalue weighted by Crippen LogP contribution is 2.63. The number of imide groups is 1. The van der Waals surface area contributed by atoms with Crippen LogP contribution in [0.5, 0.6) is 0 Å². The molecule has 86 valence electrons. The Morgan fingerprint density at radius 3 is 2.81 bits per heavy atom. The van der Waals surface area contributed by atoms with Crippen LogP contribution in [0.15, 0.2) is 0 Å². The van der Waals surface area contributed by atoms with Gasteiger partial charge in [0, 0.05) is 5.92 Å². The first kappa shape index (κ1) is 9.62. The fourth-order valence-corrected chi connectivity index (χ4v) is 3.34. The third-order valence-electron chi connectivity index (χ3n) is 4.05. The van der Waals surface area contributed by atoms with Crippen molar-refractivity contribution in [1.82, 2.24) is 10.6 Å². The molecular weight excluding hydrogens is 212 g/mol. The van der Waals surface area contributed by atoms with Crippen LogP contribution < -0.4 is 10.6 Å². The van der Waals surface area contributed by atoms with E-state index in [1.165, 1.54) is 7.11 Å². The SMILES string of the molecule is COC(=O)[C@H]1[C@@H]2CC[C@]3(NC(=O)NC3=O)[C@@H]21. The highest BCUT2D eigenvalue weighted by Gasteiger charge is 2.73. The number of carbonyl (C=O) groups excluding carboxylic acids is 3. The molecule has 1 spiro atoms. The van der Waals surface area contributed by atoms with Gasteiger partial charge in [0.1, 0.15) is 5.54 Å². The molecule has 0 unspecified atom stereocenters. The van der Waals surface area contributed by atoms with Gasteiger partial charge in [0.15, 0.2) is 0 Å². The van der Waals surface area contributed by atoms with Gasteiger partial charge in [-0.15, -0.1) is 0 Å². The Bertz CT molecular complexity index is 408. The molecule has 6 heteroatoms. The minimum Gasteiger partial charge on any atom is -0.469 e. The molecule has 0 aromatic carbocycles. The molecular formula is C10H12N2O4. The fourth-order valence-electron chi connectivity index (χ4n) is 3.34. The lowest BCUT2D eigenvalue weighted by Crippen LogP contribution is -2.48. The van der Waals surface area contributed by atoms with E-state index in [1.807, 2.05) is 0 Å². The van der Waals surface area contributed by atoms with Crippen molar-refractivity contribution < 1.29 is 19.1 Å². The minimum absolute atomic E-state index is 0.0774. The molecule has 6 nitrogen and oxygen atoms in total. The Balaban J connectivity index is 1.87. The standard InChI is InChI=1S/C10H12N2O4/c1-16-7(13)5-4-2-3-10(6(4)5)8(14)11-9(15)12-10/h4-6H,2-3H2,1H3,(H2,11,12,14,15)/t4-,5-,6-,10-/m0/s1. The minimum atomic E-state index is -0.847. The van der Waals surface area contributed by atoms with Crippen molar-refractivity contribution >= 4 is 17.9 Å². The molecule has 3 fully saturated rings. The average molecular weight is 224 g/mol. The molecule has 0 aromatic heterocycles. The summed E-state index contributed by atoms with van der Waals surface area (Å²) in [5.74, 6) is -0.676. The van der Waals surface area contributed by atoms with Crippen LogP contribution in [0.3, 0.4) is 0 Å². The van der Waals surface area contributed by atoms with Gasteiger partial charge in [-0.3, -0.25) is 14.9 Å². The van der Waals surface area contributed by atoms with Gasteiger partial charge in [-0.2, -0.15) is 0 Å². The smallest absolute Gasteiger partial charge is 0.322 e. The Kier molecular flexibility index (Phi) is 1.65. The molecule has 2 aliphatic carbocycles. The Hall–Kier alpha value is -1.59. The zero-order valence-electron chi connectivity index (χ0n) is 8.78. The van der Waals surface area contributed by atoms with Crippen LogP contribution in [0, 0.1) is 17.8 Å². The first-order chi connectivity index (χ1) is 7.60. The van der Waals surface area contributed by atoms with E-state index >= 15 is 0 Å². The summed E-state index contributed by atoms with van der Waals surface area (Å²) in [6.07, 6.45) is 1.41. The quantitative estimate of drug-likeness (QED) is 0.460. The lowest BCUT2D eigenvalue weighted by Gasteiger charge is -2.22. The van der Waals surface area contributed by atoms with Crippen LogP contribution in [0.2, 0.25) is 0 Å². The molecule has 3 amide bonds. The molecule has 16 heavy (non-hydrogen) atoms. The third kappa shape index (κ3) is 0.942. The fraction of sp³-hybridized carbons (Fsp3) is 0.700. The molecule has 3 rings (SSSR count). The highest BCUT2D eigenvalue weighted by molar-refractivity contribution is 6.08. The lowest BCUT2D eigenvalue weighted by molar-refractivity contribution is -0.143. The van der Waals surface area contributed by atoms with Crippen LogP contribution in [0.4, 0.5) is 4.79 Å². The molecule has 3 aliphatic rings. The summed E-state index contributed by atoms with van der Waals surface area (Å²) in [5.41, 5.74) is -0.847. The van der Waals surface area contributed by atoms with E-state index in [0.717, 1.165) is 6.42 Å². The molecule has 4 atom stereocenters. The predicted molar refractivity (Wildman–Crippen MR) is 51.1 cm³/mol. The maximum absolute atomic E-state index is 11.8. The number of carbonyl (C=O) groups is 3. The van der Waals surface area contributed by atoms with E-state index < -0.39 is 11.6 Å². The van der Waals surface area contributed by atoms with E-state index in [9.17, 15) is 14.4 Å². The zero-order chi connectivity index (χ0) is 11.5. The van der Waals surface area contributed by atoms with Gasteiger partial charge >= 0.3 is 12.0 Å². The van der Waals surface area contributed by atoms with Crippen LogP contribution in [0.1, 0.15) is 12.8 Å². The van der Waals surface area contributed by atoms with Crippen LogP contribution in [-0.4, -0.2) is 30.6 Å². The van der Waals surface area contributed by atoms with E-state index in [0.29, 0.717) is 6.42 Å². The molecule has 0 radical (unpaired) electrons. The first-order valence-corrected chi connectivity index (χ1v) is 5.31. The molecule has 2 saturated carbocycles. The Labute approximate surface area is 91.7 Å². The topological polar surface area (TPSA) is 84.5 Å². The third-order valence-corrected chi connectivity index (χ3v) is 4.05. The summed E-state index contributed by atoms with van der Waals surface area (Å²) < 4.78 is 4.69. The van der Waals surface area contributed by atoms with Gasteiger partial charge in [-0.25, -0.2) is 4.79 Å². The number of rotatable bonds is 1. The summed E-state index contributed by atoms with van der Waals surface area (Å²) in [6.45, 7) is 0. The number of methoxy groups -OCH3 is 1. The normalized spacial score (nSPS) is 43.9. The van der Waals surface area contributed by atoms with Crippen molar-refractivity contribution in [1.29, 1.82) is 0 Å². The number of ether oxygens (including phenoxy) is 1. The van der Waals surface area contributed by atoms with Gasteiger partial charge in [0.25, 0.3) is 5.91 Å². The average Bonchev–Trinajstić information content (AvgIpc) is 2.77. The number of fused-ring (bicyclic) bond motifs is 2. The van der Waals surface area contributed by atoms with Gasteiger partial charge in [0.2, 0.25) is 0 Å². The number of urea groups is 1. The highest BCUT2D eigenvalue weighted by atomic mass is 16.5. The van der Waals surface area contributed by atoms with Crippen molar-refractivity contribution in [2.24, 2.45) is 17.8 Å². The molecule has 2 N–H and O–H groups in total. The summed E-state index contributed by atoms with van der Waals surface area (Å²) in [7, 11) is 1.34. The predicted octanol–water partition coefficient (Wildman–Crippen LogP) is -0.606. The zero-order valence-corrected chi connectivity index (χ0v) is 8.78. The largest absolute Gasteiger partial charge is 0.469 e. The number of hydrogen-bond acceptors (Lipinski definition) is 4. The monoisotopic (exact) mass is 224 g/mol. The Morgan fingerprint density at radius 1 is 1.50 bits per heavy atom. The van der Waals surface area contributed by atoms with E-state index in [-0.39, 0.29) is 29.6 Å². The lowest BCUT2D eigenvalue weighted by atomic mass is 9.90.